The van der Waals surface area contributed by atoms with E-state index < -0.39 is 0 Å². The van der Waals surface area contributed by atoms with E-state index in [1.54, 1.807) is 0 Å². The molecule has 2 nitrogen and oxygen atoms in total. The lowest BCUT2D eigenvalue weighted by molar-refractivity contribution is 0.0478. The lowest BCUT2D eigenvalue weighted by atomic mass is 9.77. The van der Waals surface area contributed by atoms with Crippen molar-refractivity contribution in [2.75, 3.05) is 13.2 Å². The molecule has 82 valence electrons. The first kappa shape index (κ1) is 10.4. The highest BCUT2D eigenvalue weighted by molar-refractivity contribution is 4.83. The number of rotatable bonds is 2. The van der Waals surface area contributed by atoms with Crippen molar-refractivity contribution in [3.8, 4) is 0 Å². The third kappa shape index (κ3) is 2.48. The zero-order valence-electron chi connectivity index (χ0n) is 9.08. The molecule has 1 aliphatic heterocycles. The van der Waals surface area contributed by atoms with Gasteiger partial charge in [-0.15, -0.1) is 0 Å². The molecule has 2 fully saturated rings. The average Bonchev–Trinajstić information content (AvgIpc) is 2.30. The summed E-state index contributed by atoms with van der Waals surface area (Å²) in [6.07, 6.45) is 9.37. The van der Waals surface area contributed by atoms with Gasteiger partial charge in [-0.2, -0.15) is 0 Å². The van der Waals surface area contributed by atoms with Gasteiger partial charge < -0.3 is 10.5 Å². The second kappa shape index (κ2) is 5.13. The first-order valence-electron chi connectivity index (χ1n) is 6.21. The van der Waals surface area contributed by atoms with Crippen LogP contribution in [0.1, 0.15) is 44.9 Å². The van der Waals surface area contributed by atoms with Crippen LogP contribution in [0.5, 0.6) is 0 Å². The summed E-state index contributed by atoms with van der Waals surface area (Å²) in [6, 6.07) is 0.458. The van der Waals surface area contributed by atoms with Gasteiger partial charge in [0.1, 0.15) is 0 Å². The van der Waals surface area contributed by atoms with E-state index in [1.807, 2.05) is 0 Å². The van der Waals surface area contributed by atoms with Crippen molar-refractivity contribution in [1.29, 1.82) is 0 Å². The molecule has 1 unspecified atom stereocenters. The molecule has 2 aliphatic rings. The molecular weight excluding hydrogens is 174 g/mol. The Morgan fingerprint density at radius 3 is 2.07 bits per heavy atom. The van der Waals surface area contributed by atoms with Gasteiger partial charge in [-0.3, -0.25) is 0 Å². The molecule has 14 heavy (non-hydrogen) atoms. The van der Waals surface area contributed by atoms with E-state index in [9.17, 15) is 0 Å². The van der Waals surface area contributed by atoms with Crippen LogP contribution in [-0.4, -0.2) is 19.3 Å². The van der Waals surface area contributed by atoms with E-state index >= 15 is 0 Å². The molecule has 0 aromatic carbocycles. The molecule has 1 aliphatic carbocycles. The fraction of sp³-hybridized carbons (Fsp3) is 1.00. The number of ether oxygens (including phenoxy) is 1. The number of hydrogen-bond acceptors (Lipinski definition) is 2. The fourth-order valence-corrected chi connectivity index (χ4v) is 3.00. The molecule has 0 amide bonds. The molecule has 0 spiro atoms. The molecule has 1 saturated heterocycles. The fourth-order valence-electron chi connectivity index (χ4n) is 3.00. The smallest absolute Gasteiger partial charge is 0.0469 e. The Morgan fingerprint density at radius 2 is 1.43 bits per heavy atom. The summed E-state index contributed by atoms with van der Waals surface area (Å²) in [5, 5.41) is 0. The third-order valence-corrected chi connectivity index (χ3v) is 4.00. The highest BCUT2D eigenvalue weighted by Crippen LogP contribution is 2.31. The van der Waals surface area contributed by atoms with Gasteiger partial charge in [-0.05, 0) is 37.5 Å². The molecule has 2 N–H and O–H groups in total. The molecule has 2 rings (SSSR count). The van der Waals surface area contributed by atoms with Crippen molar-refractivity contribution in [3.05, 3.63) is 0 Å². The Morgan fingerprint density at radius 1 is 0.857 bits per heavy atom. The lowest BCUT2D eigenvalue weighted by Gasteiger charge is -2.35. The maximum atomic E-state index is 6.37. The highest BCUT2D eigenvalue weighted by atomic mass is 16.5. The van der Waals surface area contributed by atoms with E-state index in [0.717, 1.165) is 25.0 Å². The van der Waals surface area contributed by atoms with Crippen molar-refractivity contribution >= 4 is 0 Å². The van der Waals surface area contributed by atoms with Crippen LogP contribution in [0.2, 0.25) is 0 Å². The van der Waals surface area contributed by atoms with Crippen molar-refractivity contribution in [2.45, 2.75) is 51.0 Å². The third-order valence-electron chi connectivity index (χ3n) is 4.00. The molecule has 1 heterocycles. The van der Waals surface area contributed by atoms with Gasteiger partial charge in [0.25, 0.3) is 0 Å². The Kier molecular flexibility index (Phi) is 3.82. The van der Waals surface area contributed by atoms with Crippen LogP contribution in [0.15, 0.2) is 0 Å². The topological polar surface area (TPSA) is 35.2 Å². The molecule has 0 radical (unpaired) electrons. The van der Waals surface area contributed by atoms with E-state index in [1.165, 1.54) is 44.9 Å². The van der Waals surface area contributed by atoms with Crippen LogP contribution >= 0.6 is 0 Å². The van der Waals surface area contributed by atoms with Crippen LogP contribution in [0.3, 0.4) is 0 Å². The minimum atomic E-state index is 0.458. The molecule has 1 atom stereocenters. The van der Waals surface area contributed by atoms with E-state index in [0.29, 0.717) is 6.04 Å². The molecule has 0 bridgehead atoms. The Balaban J connectivity index is 1.82. The van der Waals surface area contributed by atoms with E-state index in [4.69, 9.17) is 10.5 Å². The first-order valence-corrected chi connectivity index (χ1v) is 6.21. The predicted molar refractivity (Wildman–Crippen MR) is 58.1 cm³/mol. The molecular formula is C12H23NO. The van der Waals surface area contributed by atoms with Crippen molar-refractivity contribution in [1.82, 2.24) is 0 Å². The summed E-state index contributed by atoms with van der Waals surface area (Å²) in [5.41, 5.74) is 6.37. The standard InChI is InChI=1S/C12H23NO/c13-12(10-4-2-1-3-5-10)11-6-8-14-9-7-11/h10-12H,1-9,13H2. The normalized spacial score (nSPS) is 28.9. The molecule has 1 saturated carbocycles. The largest absolute Gasteiger partial charge is 0.381 e. The van der Waals surface area contributed by atoms with Crippen LogP contribution in [0.25, 0.3) is 0 Å². The lowest BCUT2D eigenvalue weighted by Crippen LogP contribution is -2.41. The predicted octanol–water partition coefficient (Wildman–Crippen LogP) is 2.32. The first-order chi connectivity index (χ1) is 6.88. The van der Waals surface area contributed by atoms with Crippen LogP contribution < -0.4 is 5.73 Å². The van der Waals surface area contributed by atoms with Crippen LogP contribution in [0.4, 0.5) is 0 Å². The minimum Gasteiger partial charge on any atom is -0.381 e. The van der Waals surface area contributed by atoms with Crippen LogP contribution in [0, 0.1) is 11.8 Å². The summed E-state index contributed by atoms with van der Waals surface area (Å²) >= 11 is 0. The highest BCUT2D eigenvalue weighted by Gasteiger charge is 2.28. The van der Waals surface area contributed by atoms with Gasteiger partial charge in [-0.1, -0.05) is 19.3 Å². The van der Waals surface area contributed by atoms with E-state index in [2.05, 4.69) is 0 Å². The van der Waals surface area contributed by atoms with Gasteiger partial charge in [0, 0.05) is 19.3 Å². The van der Waals surface area contributed by atoms with E-state index in [-0.39, 0.29) is 0 Å². The second-order valence-corrected chi connectivity index (χ2v) is 4.93. The quantitative estimate of drug-likeness (QED) is 0.737. The zero-order chi connectivity index (χ0) is 9.80. The summed E-state index contributed by atoms with van der Waals surface area (Å²) in [5.74, 6) is 1.55. The zero-order valence-corrected chi connectivity index (χ0v) is 9.08. The molecule has 0 aromatic rings. The van der Waals surface area contributed by atoms with Gasteiger partial charge in [0.15, 0.2) is 0 Å². The maximum Gasteiger partial charge on any atom is 0.0469 e. The average molecular weight is 197 g/mol. The van der Waals surface area contributed by atoms with Gasteiger partial charge in [0.2, 0.25) is 0 Å². The Bertz CT molecular complexity index is 142. The Hall–Kier alpha value is -0.0800. The monoisotopic (exact) mass is 197 g/mol. The van der Waals surface area contributed by atoms with Gasteiger partial charge in [0.05, 0.1) is 0 Å². The minimum absolute atomic E-state index is 0.458. The SMILES string of the molecule is NC(C1CCCCC1)C1CCOCC1. The van der Waals surface area contributed by atoms with Crippen molar-refractivity contribution in [2.24, 2.45) is 17.6 Å². The van der Waals surface area contributed by atoms with Gasteiger partial charge in [-0.25, -0.2) is 0 Å². The van der Waals surface area contributed by atoms with Crippen molar-refractivity contribution in [3.63, 3.8) is 0 Å². The summed E-state index contributed by atoms with van der Waals surface area (Å²) in [6.45, 7) is 1.87. The molecule has 0 aromatic heterocycles. The Labute approximate surface area is 87.2 Å². The number of nitrogens with two attached hydrogens (primary N) is 1. The summed E-state index contributed by atoms with van der Waals surface area (Å²) in [7, 11) is 0. The summed E-state index contributed by atoms with van der Waals surface area (Å²) in [4.78, 5) is 0. The second-order valence-electron chi connectivity index (χ2n) is 4.93. The summed E-state index contributed by atoms with van der Waals surface area (Å²) < 4.78 is 5.38. The maximum absolute atomic E-state index is 6.37. The molecule has 2 heteroatoms. The number of hydrogen-bond donors (Lipinski definition) is 1. The van der Waals surface area contributed by atoms with Gasteiger partial charge >= 0.3 is 0 Å². The van der Waals surface area contributed by atoms with Crippen molar-refractivity contribution < 1.29 is 4.74 Å². The van der Waals surface area contributed by atoms with Crippen LogP contribution in [-0.2, 0) is 4.74 Å².